The van der Waals surface area contributed by atoms with Crippen LogP contribution in [0.3, 0.4) is 0 Å². The van der Waals surface area contributed by atoms with Gasteiger partial charge in [0.25, 0.3) is 0 Å². The van der Waals surface area contributed by atoms with E-state index in [-0.39, 0.29) is 18.0 Å². The highest BCUT2D eigenvalue weighted by atomic mass is 32.1. The number of nitrogens with zero attached hydrogens (tertiary/aromatic N) is 1. The molecule has 3 N–H and O–H groups in total. The summed E-state index contributed by atoms with van der Waals surface area (Å²) >= 11 is 1.79. The number of anilines is 1. The maximum atomic E-state index is 12.5. The van der Waals surface area contributed by atoms with Gasteiger partial charge in [-0.25, -0.2) is 10.9 Å². The molecule has 2 aliphatic heterocycles. The lowest BCUT2D eigenvalue weighted by Gasteiger charge is -2.31. The number of carbonyl (C=O) groups excluding carboxylic acids is 1. The summed E-state index contributed by atoms with van der Waals surface area (Å²) in [5, 5.41) is 3.10. The Kier molecular flexibility index (Phi) is 5.24. The molecule has 2 atom stereocenters. The van der Waals surface area contributed by atoms with Gasteiger partial charge in [0, 0.05) is 35.1 Å². The van der Waals surface area contributed by atoms with Gasteiger partial charge in [0.05, 0.1) is 6.04 Å². The van der Waals surface area contributed by atoms with Crippen molar-refractivity contribution in [2.24, 2.45) is 0 Å². The average Bonchev–Trinajstić information content (AvgIpc) is 3.31. The van der Waals surface area contributed by atoms with Crippen molar-refractivity contribution in [3.63, 3.8) is 0 Å². The summed E-state index contributed by atoms with van der Waals surface area (Å²) in [5.74, 6) is 0.0820. The van der Waals surface area contributed by atoms with Crippen molar-refractivity contribution in [2.75, 3.05) is 24.5 Å². The Hall–Kier alpha value is -1.89. The summed E-state index contributed by atoms with van der Waals surface area (Å²) < 4.78 is 0. The van der Waals surface area contributed by atoms with Crippen molar-refractivity contribution in [1.82, 2.24) is 16.2 Å². The van der Waals surface area contributed by atoms with Crippen LogP contribution in [0, 0.1) is 6.92 Å². The SMILES string of the molecule is Cc1ccc(C2CC(C(=O)NCCN3CCCc4ccccc43)NN2)s1. The molecule has 5 nitrogen and oxygen atoms in total. The van der Waals surface area contributed by atoms with Crippen molar-refractivity contribution in [2.45, 2.75) is 38.3 Å². The lowest BCUT2D eigenvalue weighted by molar-refractivity contribution is -0.122. The van der Waals surface area contributed by atoms with E-state index in [0.717, 1.165) is 25.9 Å². The van der Waals surface area contributed by atoms with Crippen molar-refractivity contribution < 1.29 is 4.79 Å². The molecular weight excluding hydrogens is 344 g/mol. The molecule has 0 aliphatic carbocycles. The van der Waals surface area contributed by atoms with E-state index < -0.39 is 0 Å². The molecule has 0 bridgehead atoms. The van der Waals surface area contributed by atoms with Crippen LogP contribution in [0.5, 0.6) is 0 Å². The van der Waals surface area contributed by atoms with Crippen LogP contribution in [0.4, 0.5) is 5.69 Å². The van der Waals surface area contributed by atoms with Crippen LogP contribution in [-0.4, -0.2) is 31.6 Å². The summed E-state index contributed by atoms with van der Waals surface area (Å²) in [6, 6.07) is 12.9. The van der Waals surface area contributed by atoms with Gasteiger partial charge in [0.15, 0.2) is 0 Å². The first-order valence-electron chi connectivity index (χ1n) is 9.38. The molecule has 6 heteroatoms. The summed E-state index contributed by atoms with van der Waals surface area (Å²) in [6.45, 7) is 4.71. The third-order valence-electron chi connectivity index (χ3n) is 5.21. The quantitative estimate of drug-likeness (QED) is 0.757. The zero-order valence-electron chi connectivity index (χ0n) is 15.1. The molecule has 2 aliphatic rings. The third kappa shape index (κ3) is 3.77. The number of hydrogen-bond donors (Lipinski definition) is 3. The Balaban J connectivity index is 1.26. The van der Waals surface area contributed by atoms with Crippen molar-refractivity contribution >= 4 is 22.9 Å². The standard InChI is InChI=1S/C20H26N4OS/c1-14-8-9-19(26-14)16-13-17(23-22-16)20(25)21-10-12-24-11-4-6-15-5-2-3-7-18(15)24/h2-3,5,7-9,16-17,22-23H,4,6,10-13H2,1H3,(H,21,25). The molecule has 4 rings (SSSR count). The molecule has 2 aromatic rings. The van der Waals surface area contributed by atoms with Crippen LogP contribution in [0.25, 0.3) is 0 Å². The maximum Gasteiger partial charge on any atom is 0.238 e. The van der Waals surface area contributed by atoms with E-state index in [1.54, 1.807) is 11.3 Å². The number of amides is 1. The molecule has 1 aromatic carbocycles. The van der Waals surface area contributed by atoms with Gasteiger partial charge in [-0.05, 0) is 49.9 Å². The van der Waals surface area contributed by atoms with Gasteiger partial charge < -0.3 is 10.2 Å². The van der Waals surface area contributed by atoms with E-state index in [0.29, 0.717) is 6.54 Å². The van der Waals surface area contributed by atoms with E-state index in [1.165, 1.54) is 27.4 Å². The fourth-order valence-corrected chi connectivity index (χ4v) is 4.78. The van der Waals surface area contributed by atoms with Gasteiger partial charge in [0.1, 0.15) is 6.04 Å². The average molecular weight is 371 g/mol. The molecular formula is C20H26N4OS. The molecule has 0 radical (unpaired) electrons. The first-order chi connectivity index (χ1) is 12.7. The minimum atomic E-state index is -0.170. The van der Waals surface area contributed by atoms with Crippen LogP contribution in [0.2, 0.25) is 0 Å². The second-order valence-electron chi connectivity index (χ2n) is 7.09. The van der Waals surface area contributed by atoms with Crippen LogP contribution >= 0.6 is 11.3 Å². The summed E-state index contributed by atoms with van der Waals surface area (Å²) in [4.78, 5) is 17.5. The van der Waals surface area contributed by atoms with Gasteiger partial charge >= 0.3 is 0 Å². The van der Waals surface area contributed by atoms with E-state index >= 15 is 0 Å². The Morgan fingerprint density at radius 2 is 2.15 bits per heavy atom. The largest absolute Gasteiger partial charge is 0.370 e. The second kappa shape index (κ2) is 7.78. The smallest absolute Gasteiger partial charge is 0.238 e. The minimum Gasteiger partial charge on any atom is -0.370 e. The Labute approximate surface area is 158 Å². The Morgan fingerprint density at radius 1 is 1.27 bits per heavy atom. The molecule has 0 saturated carbocycles. The number of hydrazine groups is 1. The number of para-hydroxylation sites is 1. The lowest BCUT2D eigenvalue weighted by Crippen LogP contribution is -2.45. The van der Waals surface area contributed by atoms with Gasteiger partial charge in [-0.2, -0.15) is 0 Å². The van der Waals surface area contributed by atoms with Gasteiger partial charge in [0.2, 0.25) is 5.91 Å². The van der Waals surface area contributed by atoms with Gasteiger partial charge in [-0.1, -0.05) is 18.2 Å². The van der Waals surface area contributed by atoms with Crippen LogP contribution in [0.1, 0.15) is 34.2 Å². The van der Waals surface area contributed by atoms with Crippen LogP contribution in [0.15, 0.2) is 36.4 Å². The normalized spacial score (nSPS) is 22.3. The third-order valence-corrected chi connectivity index (χ3v) is 6.33. The van der Waals surface area contributed by atoms with E-state index in [2.05, 4.69) is 64.4 Å². The van der Waals surface area contributed by atoms with Crippen LogP contribution in [-0.2, 0) is 11.2 Å². The molecule has 1 aromatic heterocycles. The highest BCUT2D eigenvalue weighted by molar-refractivity contribution is 7.12. The number of hydrogen-bond acceptors (Lipinski definition) is 5. The first-order valence-corrected chi connectivity index (χ1v) is 10.2. The molecule has 138 valence electrons. The molecule has 1 fully saturated rings. The fourth-order valence-electron chi connectivity index (χ4n) is 3.84. The highest BCUT2D eigenvalue weighted by Gasteiger charge is 2.30. The molecule has 2 unspecified atom stereocenters. The Morgan fingerprint density at radius 3 is 3.00 bits per heavy atom. The highest BCUT2D eigenvalue weighted by Crippen LogP contribution is 2.28. The molecule has 1 saturated heterocycles. The Bertz CT molecular complexity index is 775. The predicted octanol–water partition coefficient (Wildman–Crippen LogP) is 2.53. The van der Waals surface area contributed by atoms with Crippen molar-refractivity contribution in [3.8, 4) is 0 Å². The number of aryl methyl sites for hydroxylation is 2. The van der Waals surface area contributed by atoms with Gasteiger partial charge in [-0.15, -0.1) is 11.3 Å². The number of thiophene rings is 1. The summed E-state index contributed by atoms with van der Waals surface area (Å²) in [6.07, 6.45) is 3.12. The summed E-state index contributed by atoms with van der Waals surface area (Å²) in [5.41, 5.74) is 9.15. The molecule has 26 heavy (non-hydrogen) atoms. The first kappa shape index (κ1) is 17.5. The molecule has 3 heterocycles. The topological polar surface area (TPSA) is 56.4 Å². The van der Waals surface area contributed by atoms with Crippen LogP contribution < -0.4 is 21.1 Å². The number of carbonyl (C=O) groups is 1. The van der Waals surface area contributed by atoms with Gasteiger partial charge in [-0.3, -0.25) is 4.79 Å². The number of fused-ring (bicyclic) bond motifs is 1. The van der Waals surface area contributed by atoms with Crippen molar-refractivity contribution in [3.05, 3.63) is 51.7 Å². The maximum absolute atomic E-state index is 12.5. The minimum absolute atomic E-state index is 0.0820. The van der Waals surface area contributed by atoms with Crippen molar-refractivity contribution in [1.29, 1.82) is 0 Å². The number of nitrogens with one attached hydrogen (secondary N) is 3. The number of rotatable bonds is 5. The fraction of sp³-hybridized carbons (Fsp3) is 0.450. The zero-order valence-corrected chi connectivity index (χ0v) is 15.9. The molecule has 1 amide bonds. The predicted molar refractivity (Wildman–Crippen MR) is 106 cm³/mol. The second-order valence-corrected chi connectivity index (χ2v) is 8.41. The lowest BCUT2D eigenvalue weighted by atomic mass is 10.0. The molecule has 0 spiro atoms. The number of benzene rings is 1. The van der Waals surface area contributed by atoms with E-state index in [4.69, 9.17) is 0 Å². The zero-order chi connectivity index (χ0) is 17.9. The monoisotopic (exact) mass is 370 g/mol. The van der Waals surface area contributed by atoms with E-state index in [9.17, 15) is 4.79 Å². The summed E-state index contributed by atoms with van der Waals surface area (Å²) in [7, 11) is 0. The van der Waals surface area contributed by atoms with E-state index in [1.807, 2.05) is 0 Å².